The van der Waals surface area contributed by atoms with Gasteiger partial charge in [0, 0.05) is 39.3 Å². The second-order valence-corrected chi connectivity index (χ2v) is 8.56. The zero-order valence-corrected chi connectivity index (χ0v) is 18.7. The summed E-state index contributed by atoms with van der Waals surface area (Å²) in [5, 5.41) is 10.5. The molecule has 0 bridgehead atoms. The maximum atomic E-state index is 10.5. The largest absolute Gasteiger partial charge is 0.391 e. The van der Waals surface area contributed by atoms with E-state index >= 15 is 0 Å². The first-order chi connectivity index (χ1) is 15.8. The lowest BCUT2D eigenvalue weighted by Crippen LogP contribution is -2.49. The van der Waals surface area contributed by atoms with Crippen LogP contribution in [0, 0.1) is 0 Å². The molecular weight excluding hydrogens is 396 g/mol. The molecule has 168 valence electrons. The van der Waals surface area contributed by atoms with Crippen LogP contribution in [0.1, 0.15) is 22.8 Å². The van der Waals surface area contributed by atoms with Crippen molar-refractivity contribution in [2.45, 2.75) is 18.6 Å². The highest BCUT2D eigenvalue weighted by Crippen LogP contribution is 2.25. The van der Waals surface area contributed by atoms with Crippen LogP contribution in [-0.2, 0) is 11.2 Å². The van der Waals surface area contributed by atoms with Crippen molar-refractivity contribution in [1.29, 1.82) is 0 Å². The average Bonchev–Trinajstić information content (AvgIpc) is 2.84. The molecule has 0 saturated carbocycles. The molecule has 0 unspecified atom stereocenters. The van der Waals surface area contributed by atoms with E-state index in [0.29, 0.717) is 6.61 Å². The fraction of sp³-hybridized carbons (Fsp3) is 0.357. The van der Waals surface area contributed by atoms with Gasteiger partial charge in [-0.15, -0.1) is 0 Å². The van der Waals surface area contributed by atoms with E-state index in [2.05, 4.69) is 70.5 Å². The first-order valence-electron chi connectivity index (χ1n) is 11.7. The Bertz CT molecular complexity index is 857. The number of aliphatic hydroxyl groups excluding tert-OH is 1. The molecule has 4 rings (SSSR count). The summed E-state index contributed by atoms with van der Waals surface area (Å²) in [6.45, 7) is 6.38. The minimum atomic E-state index is -0.315. The van der Waals surface area contributed by atoms with Gasteiger partial charge in [-0.1, -0.05) is 91.0 Å². The predicted octanol–water partition coefficient (Wildman–Crippen LogP) is 4.01. The Morgan fingerprint density at radius 2 is 1.19 bits per heavy atom. The Morgan fingerprint density at radius 3 is 1.75 bits per heavy atom. The number of benzene rings is 3. The van der Waals surface area contributed by atoms with Crippen LogP contribution in [0.4, 0.5) is 0 Å². The van der Waals surface area contributed by atoms with Gasteiger partial charge in [0.2, 0.25) is 0 Å². The maximum absolute atomic E-state index is 10.5. The van der Waals surface area contributed by atoms with Crippen molar-refractivity contribution < 1.29 is 9.84 Å². The number of hydrogen-bond acceptors (Lipinski definition) is 4. The first-order valence-corrected chi connectivity index (χ1v) is 11.7. The number of piperazine rings is 1. The van der Waals surface area contributed by atoms with Gasteiger partial charge in [0.15, 0.2) is 0 Å². The summed E-state index contributed by atoms with van der Waals surface area (Å²) in [7, 11) is 0. The molecule has 0 radical (unpaired) electrons. The van der Waals surface area contributed by atoms with Crippen molar-refractivity contribution in [3.8, 4) is 0 Å². The van der Waals surface area contributed by atoms with Gasteiger partial charge in [-0.3, -0.25) is 9.80 Å². The first kappa shape index (κ1) is 22.7. The molecule has 1 aliphatic heterocycles. The van der Waals surface area contributed by atoms with E-state index < -0.39 is 0 Å². The van der Waals surface area contributed by atoms with E-state index in [9.17, 15) is 5.11 Å². The van der Waals surface area contributed by atoms with Gasteiger partial charge >= 0.3 is 0 Å². The summed E-state index contributed by atoms with van der Waals surface area (Å²) >= 11 is 0. The Balaban J connectivity index is 1.21. The summed E-state index contributed by atoms with van der Waals surface area (Å²) < 4.78 is 6.38. The molecule has 0 aliphatic carbocycles. The van der Waals surface area contributed by atoms with Crippen molar-refractivity contribution in [2.75, 3.05) is 45.9 Å². The van der Waals surface area contributed by atoms with E-state index in [1.165, 1.54) is 16.7 Å². The van der Waals surface area contributed by atoms with Crippen LogP contribution in [0.15, 0.2) is 91.0 Å². The molecule has 4 heteroatoms. The zero-order chi connectivity index (χ0) is 22.0. The summed E-state index contributed by atoms with van der Waals surface area (Å²) in [5.74, 6) is 0. The maximum Gasteiger partial charge on any atom is 0.108 e. The van der Waals surface area contributed by atoms with Crippen molar-refractivity contribution in [2.24, 2.45) is 0 Å². The van der Waals surface area contributed by atoms with E-state index in [4.69, 9.17) is 4.74 Å². The number of hydrogen-bond donors (Lipinski definition) is 1. The number of β-amino-alcohol motifs (C(OH)–C–C–N with tert-alkyl or cyclic N) is 1. The lowest BCUT2D eigenvalue weighted by Gasteiger charge is -2.35. The van der Waals surface area contributed by atoms with Crippen molar-refractivity contribution in [3.63, 3.8) is 0 Å². The van der Waals surface area contributed by atoms with Crippen LogP contribution >= 0.6 is 0 Å². The van der Waals surface area contributed by atoms with Gasteiger partial charge in [0.1, 0.15) is 6.10 Å². The fourth-order valence-corrected chi connectivity index (χ4v) is 4.38. The third-order valence-electron chi connectivity index (χ3n) is 6.14. The Morgan fingerprint density at radius 1 is 0.688 bits per heavy atom. The van der Waals surface area contributed by atoms with Gasteiger partial charge in [-0.05, 0) is 23.1 Å². The SMILES string of the molecule is O[C@H](Cc1ccccc1)CN1CCN(CCOC(c2ccccc2)c2ccccc2)CC1. The van der Waals surface area contributed by atoms with Crippen LogP contribution < -0.4 is 0 Å². The van der Waals surface area contributed by atoms with E-state index in [1.807, 2.05) is 30.3 Å². The van der Waals surface area contributed by atoms with Crippen LogP contribution in [0.5, 0.6) is 0 Å². The molecular formula is C28H34N2O2. The third-order valence-corrected chi connectivity index (χ3v) is 6.14. The zero-order valence-electron chi connectivity index (χ0n) is 18.7. The van der Waals surface area contributed by atoms with Crippen LogP contribution in [0.3, 0.4) is 0 Å². The topological polar surface area (TPSA) is 35.9 Å². The van der Waals surface area contributed by atoms with Gasteiger partial charge in [0.05, 0.1) is 12.7 Å². The van der Waals surface area contributed by atoms with Crippen molar-refractivity contribution in [1.82, 2.24) is 9.80 Å². The molecule has 4 nitrogen and oxygen atoms in total. The molecule has 32 heavy (non-hydrogen) atoms. The lowest BCUT2D eigenvalue weighted by atomic mass is 10.0. The Hall–Kier alpha value is -2.50. The molecule has 1 saturated heterocycles. The molecule has 1 heterocycles. The highest BCUT2D eigenvalue weighted by molar-refractivity contribution is 5.29. The van der Waals surface area contributed by atoms with E-state index in [-0.39, 0.29) is 12.2 Å². The molecule has 3 aromatic carbocycles. The second kappa shape index (κ2) is 11.9. The minimum absolute atomic E-state index is 0.0353. The minimum Gasteiger partial charge on any atom is -0.391 e. The lowest BCUT2D eigenvalue weighted by molar-refractivity contribution is 0.0353. The van der Waals surface area contributed by atoms with Crippen LogP contribution in [0.2, 0.25) is 0 Å². The molecule has 1 fully saturated rings. The molecule has 0 spiro atoms. The number of nitrogens with zero attached hydrogens (tertiary/aromatic N) is 2. The third kappa shape index (κ3) is 6.75. The van der Waals surface area contributed by atoms with Gasteiger partial charge in [-0.25, -0.2) is 0 Å². The molecule has 3 aromatic rings. The summed E-state index contributed by atoms with van der Waals surface area (Å²) in [6.07, 6.45) is 0.367. The standard InChI is InChI=1S/C28H34N2O2/c31-27(22-24-10-4-1-5-11-24)23-30-18-16-29(17-19-30)20-21-32-28(25-12-6-2-7-13-25)26-14-8-3-9-15-26/h1-15,27-28,31H,16-23H2/t27-/m1/s1. The molecule has 1 atom stereocenters. The van der Waals surface area contributed by atoms with E-state index in [1.54, 1.807) is 0 Å². The molecule has 0 amide bonds. The van der Waals surface area contributed by atoms with Crippen LogP contribution in [-0.4, -0.2) is 66.9 Å². The highest BCUT2D eigenvalue weighted by atomic mass is 16.5. The highest BCUT2D eigenvalue weighted by Gasteiger charge is 2.20. The molecule has 0 aromatic heterocycles. The molecule has 1 N–H and O–H groups in total. The Labute approximate surface area is 192 Å². The summed E-state index contributed by atoms with van der Waals surface area (Å²) in [4.78, 5) is 4.84. The quantitative estimate of drug-likeness (QED) is 0.527. The van der Waals surface area contributed by atoms with Crippen molar-refractivity contribution in [3.05, 3.63) is 108 Å². The van der Waals surface area contributed by atoms with Gasteiger partial charge in [-0.2, -0.15) is 0 Å². The average molecular weight is 431 g/mol. The van der Waals surface area contributed by atoms with E-state index in [0.717, 1.165) is 45.7 Å². The second-order valence-electron chi connectivity index (χ2n) is 8.56. The predicted molar refractivity (Wildman–Crippen MR) is 130 cm³/mol. The number of ether oxygens (including phenoxy) is 1. The molecule has 1 aliphatic rings. The van der Waals surface area contributed by atoms with Gasteiger partial charge in [0.25, 0.3) is 0 Å². The number of aliphatic hydroxyl groups is 1. The fourth-order valence-electron chi connectivity index (χ4n) is 4.38. The number of rotatable bonds is 10. The normalized spacial score (nSPS) is 16.3. The van der Waals surface area contributed by atoms with Crippen molar-refractivity contribution >= 4 is 0 Å². The Kier molecular flexibility index (Phi) is 8.46. The summed E-state index contributed by atoms with van der Waals surface area (Å²) in [6, 6.07) is 31.2. The summed E-state index contributed by atoms with van der Waals surface area (Å²) in [5.41, 5.74) is 3.58. The monoisotopic (exact) mass is 430 g/mol. The van der Waals surface area contributed by atoms with Crippen LogP contribution in [0.25, 0.3) is 0 Å². The van der Waals surface area contributed by atoms with Gasteiger partial charge < -0.3 is 9.84 Å². The smallest absolute Gasteiger partial charge is 0.108 e.